The van der Waals surface area contributed by atoms with E-state index in [4.69, 9.17) is 4.74 Å². The Labute approximate surface area is 142 Å². The minimum Gasteiger partial charge on any atom is -0.435 e. The average molecular weight is 356 g/mol. The van der Waals surface area contributed by atoms with Crippen LogP contribution in [0.2, 0.25) is 0 Å². The topological polar surface area (TPSA) is 60.5 Å². The second kappa shape index (κ2) is 8.70. The van der Waals surface area contributed by atoms with E-state index in [0.29, 0.717) is 24.0 Å². The highest BCUT2D eigenvalue weighted by Crippen LogP contribution is 2.31. The molecule has 1 aromatic heterocycles. The fraction of sp³-hybridized carbons (Fsp3) is 0.375. The lowest BCUT2D eigenvalue weighted by Crippen LogP contribution is -2.13. The number of ether oxygens (including phenoxy) is 2. The molecule has 0 saturated heterocycles. The summed E-state index contributed by atoms with van der Waals surface area (Å²) < 4.78 is 33.8. The summed E-state index contributed by atoms with van der Waals surface area (Å²) in [5.41, 5.74) is 1.46. The zero-order valence-corrected chi connectivity index (χ0v) is 14.2. The molecule has 8 heteroatoms. The number of carbonyl (C=O) groups is 1. The molecule has 0 atom stereocenters. The van der Waals surface area contributed by atoms with Crippen LogP contribution in [0.15, 0.2) is 24.3 Å². The number of aryl methyl sites for hydroxylation is 1. The molecule has 0 aliphatic rings. The van der Waals surface area contributed by atoms with E-state index in [1.807, 2.05) is 13.8 Å². The van der Waals surface area contributed by atoms with Gasteiger partial charge in [0.15, 0.2) is 5.13 Å². The molecule has 0 saturated carbocycles. The summed E-state index contributed by atoms with van der Waals surface area (Å²) in [4.78, 5) is 17.1. The molecule has 0 fully saturated rings. The van der Waals surface area contributed by atoms with E-state index in [-0.39, 0.29) is 18.1 Å². The predicted molar refractivity (Wildman–Crippen MR) is 88.7 cm³/mol. The van der Waals surface area contributed by atoms with Crippen LogP contribution in [0.25, 0.3) is 11.3 Å². The summed E-state index contributed by atoms with van der Waals surface area (Å²) in [5.74, 6) is -0.0736. The van der Waals surface area contributed by atoms with E-state index in [1.165, 1.54) is 23.5 Å². The van der Waals surface area contributed by atoms with Gasteiger partial charge in [-0.3, -0.25) is 4.79 Å². The van der Waals surface area contributed by atoms with Crippen LogP contribution in [0.1, 0.15) is 18.2 Å². The molecule has 0 bridgehead atoms. The number of alkyl halides is 2. The Bertz CT molecular complexity index is 674. The van der Waals surface area contributed by atoms with Crippen molar-refractivity contribution in [3.63, 3.8) is 0 Å². The lowest BCUT2D eigenvalue weighted by atomic mass is 10.1. The summed E-state index contributed by atoms with van der Waals surface area (Å²) in [6.07, 6.45) is 0.265. The first-order valence-electron chi connectivity index (χ1n) is 7.40. The summed E-state index contributed by atoms with van der Waals surface area (Å²) in [6, 6.07) is 6.22. The molecule has 1 amide bonds. The number of benzene rings is 1. The number of carbonyl (C=O) groups excluding carboxylic acids is 1. The third kappa shape index (κ3) is 5.24. The second-order valence-corrected chi connectivity index (χ2v) is 6.02. The van der Waals surface area contributed by atoms with Gasteiger partial charge in [0.2, 0.25) is 5.91 Å². The number of hydrogen-bond acceptors (Lipinski definition) is 5. The molecule has 5 nitrogen and oxygen atoms in total. The highest BCUT2D eigenvalue weighted by atomic mass is 32.1. The molecule has 1 heterocycles. The number of amides is 1. The van der Waals surface area contributed by atoms with Gasteiger partial charge >= 0.3 is 6.61 Å². The molecule has 0 unspecified atom stereocenters. The van der Waals surface area contributed by atoms with Crippen molar-refractivity contribution in [2.24, 2.45) is 0 Å². The maximum Gasteiger partial charge on any atom is 0.387 e. The van der Waals surface area contributed by atoms with Crippen LogP contribution in [0.4, 0.5) is 13.9 Å². The highest BCUT2D eigenvalue weighted by Gasteiger charge is 2.13. The quantitative estimate of drug-likeness (QED) is 0.724. The van der Waals surface area contributed by atoms with Gasteiger partial charge in [0.25, 0.3) is 0 Å². The van der Waals surface area contributed by atoms with Crippen LogP contribution in [-0.2, 0) is 9.53 Å². The summed E-state index contributed by atoms with van der Waals surface area (Å²) in [6.45, 7) is 1.83. The van der Waals surface area contributed by atoms with E-state index < -0.39 is 6.61 Å². The van der Waals surface area contributed by atoms with E-state index in [0.717, 1.165) is 10.4 Å². The van der Waals surface area contributed by atoms with Gasteiger partial charge in [-0.25, -0.2) is 4.98 Å². The lowest BCUT2D eigenvalue weighted by molar-refractivity contribution is -0.117. The molecule has 130 valence electrons. The average Bonchev–Trinajstić information content (AvgIpc) is 2.88. The van der Waals surface area contributed by atoms with Gasteiger partial charge in [0.1, 0.15) is 5.75 Å². The van der Waals surface area contributed by atoms with Crippen LogP contribution in [0.5, 0.6) is 5.75 Å². The van der Waals surface area contributed by atoms with Crippen molar-refractivity contribution in [2.75, 3.05) is 18.5 Å². The minimum atomic E-state index is -2.85. The first kappa shape index (κ1) is 18.3. The Morgan fingerprint density at radius 2 is 2.04 bits per heavy atom. The molecular weight excluding hydrogens is 338 g/mol. The van der Waals surface area contributed by atoms with Crippen molar-refractivity contribution < 1.29 is 23.0 Å². The van der Waals surface area contributed by atoms with Crippen LogP contribution in [0.3, 0.4) is 0 Å². The van der Waals surface area contributed by atoms with Crippen LogP contribution in [-0.4, -0.2) is 30.7 Å². The zero-order chi connectivity index (χ0) is 17.5. The van der Waals surface area contributed by atoms with Crippen molar-refractivity contribution in [3.8, 4) is 17.0 Å². The van der Waals surface area contributed by atoms with Crippen LogP contribution < -0.4 is 10.1 Å². The monoisotopic (exact) mass is 356 g/mol. The molecule has 0 radical (unpaired) electrons. The second-order valence-electron chi connectivity index (χ2n) is 4.82. The largest absolute Gasteiger partial charge is 0.435 e. The molecule has 0 aliphatic heterocycles. The van der Waals surface area contributed by atoms with Crippen LogP contribution in [0, 0.1) is 6.92 Å². The highest BCUT2D eigenvalue weighted by molar-refractivity contribution is 7.16. The van der Waals surface area contributed by atoms with Gasteiger partial charge < -0.3 is 14.8 Å². The number of thiazole rings is 1. The standard InChI is InChI=1S/C16H18F2N2O3S/c1-3-22-9-8-13(21)19-16-20-14(10(2)24-16)11-4-6-12(7-5-11)23-15(17)18/h4-7,15H,3,8-9H2,1-2H3,(H,19,20,21). The molecular formula is C16H18F2N2O3S. The summed E-state index contributed by atoms with van der Waals surface area (Å²) >= 11 is 1.36. The molecule has 0 spiro atoms. The smallest absolute Gasteiger partial charge is 0.387 e. The Hall–Kier alpha value is -2.06. The Morgan fingerprint density at radius 1 is 1.33 bits per heavy atom. The lowest BCUT2D eigenvalue weighted by Gasteiger charge is -2.05. The Kier molecular flexibility index (Phi) is 6.62. The fourth-order valence-electron chi connectivity index (χ4n) is 2.00. The van der Waals surface area contributed by atoms with Gasteiger partial charge in [-0.05, 0) is 38.1 Å². The summed E-state index contributed by atoms with van der Waals surface area (Å²) in [5, 5.41) is 3.23. The molecule has 2 rings (SSSR count). The molecule has 1 N–H and O–H groups in total. The Morgan fingerprint density at radius 3 is 2.67 bits per heavy atom. The normalized spacial score (nSPS) is 10.9. The maximum atomic E-state index is 12.2. The van der Waals surface area contributed by atoms with Gasteiger partial charge in [-0.1, -0.05) is 0 Å². The van der Waals surface area contributed by atoms with Gasteiger partial charge in [0.05, 0.1) is 18.7 Å². The molecule has 1 aromatic carbocycles. The zero-order valence-electron chi connectivity index (χ0n) is 13.3. The van der Waals surface area contributed by atoms with Crippen molar-refractivity contribution >= 4 is 22.4 Å². The summed E-state index contributed by atoms with van der Waals surface area (Å²) in [7, 11) is 0. The number of anilines is 1. The maximum absolute atomic E-state index is 12.2. The van der Waals surface area contributed by atoms with E-state index in [2.05, 4.69) is 15.0 Å². The number of hydrogen-bond donors (Lipinski definition) is 1. The van der Waals surface area contributed by atoms with Crippen molar-refractivity contribution in [2.45, 2.75) is 26.9 Å². The van der Waals surface area contributed by atoms with E-state index in [9.17, 15) is 13.6 Å². The third-order valence-corrected chi connectivity index (χ3v) is 3.96. The SMILES string of the molecule is CCOCCC(=O)Nc1nc(-c2ccc(OC(F)F)cc2)c(C)s1. The van der Waals surface area contributed by atoms with Crippen molar-refractivity contribution in [3.05, 3.63) is 29.1 Å². The number of aromatic nitrogens is 1. The number of rotatable bonds is 8. The first-order chi connectivity index (χ1) is 11.5. The van der Waals surface area contributed by atoms with Gasteiger partial charge in [-0.15, -0.1) is 11.3 Å². The van der Waals surface area contributed by atoms with Gasteiger partial charge in [-0.2, -0.15) is 8.78 Å². The molecule has 24 heavy (non-hydrogen) atoms. The predicted octanol–water partition coefficient (Wildman–Crippen LogP) is 4.09. The molecule has 0 aliphatic carbocycles. The third-order valence-electron chi connectivity index (χ3n) is 3.07. The Balaban J connectivity index is 2.04. The number of nitrogens with one attached hydrogen (secondary N) is 1. The number of nitrogens with zero attached hydrogens (tertiary/aromatic N) is 1. The van der Waals surface area contributed by atoms with Crippen molar-refractivity contribution in [1.29, 1.82) is 0 Å². The van der Waals surface area contributed by atoms with E-state index in [1.54, 1.807) is 12.1 Å². The molecule has 2 aromatic rings. The number of halogens is 2. The van der Waals surface area contributed by atoms with E-state index >= 15 is 0 Å². The van der Waals surface area contributed by atoms with Crippen LogP contribution >= 0.6 is 11.3 Å². The van der Waals surface area contributed by atoms with Gasteiger partial charge in [0, 0.05) is 17.0 Å². The van der Waals surface area contributed by atoms with Crippen molar-refractivity contribution in [1.82, 2.24) is 4.98 Å². The fourth-order valence-corrected chi connectivity index (χ4v) is 2.85. The minimum absolute atomic E-state index is 0.0890. The first-order valence-corrected chi connectivity index (χ1v) is 8.21.